The van der Waals surface area contributed by atoms with E-state index in [1.165, 1.54) is 16.7 Å². The molecule has 0 unspecified atom stereocenters. The number of rotatable bonds is 7. The monoisotopic (exact) mass is 314 g/mol. The zero-order chi connectivity index (χ0) is 16.7. The fourth-order valence-electron chi connectivity index (χ4n) is 3.20. The Labute approximate surface area is 145 Å². The average molecular weight is 314 g/mol. The van der Waals surface area contributed by atoms with Crippen molar-refractivity contribution in [2.24, 2.45) is 0 Å². The second-order valence-electron chi connectivity index (χ2n) is 6.33. The summed E-state index contributed by atoms with van der Waals surface area (Å²) in [5.74, 6) is 0. The molecule has 0 fully saturated rings. The summed E-state index contributed by atoms with van der Waals surface area (Å²) in [7, 11) is 0. The van der Waals surface area contributed by atoms with E-state index in [4.69, 9.17) is 0 Å². The van der Waals surface area contributed by atoms with E-state index in [2.05, 4.69) is 104 Å². The van der Waals surface area contributed by atoms with Gasteiger partial charge < -0.3 is 0 Å². The Morgan fingerprint density at radius 3 is 1.08 bits per heavy atom. The number of benzene rings is 3. The molecule has 3 aromatic carbocycles. The Bertz CT molecular complexity index is 646. The van der Waals surface area contributed by atoms with Crippen molar-refractivity contribution in [1.29, 1.82) is 0 Å². The van der Waals surface area contributed by atoms with Gasteiger partial charge in [-0.1, -0.05) is 91.0 Å². The first-order chi connectivity index (χ1) is 11.8. The molecule has 0 bridgehead atoms. The molecule has 120 valence electrons. The van der Waals surface area contributed by atoms with Crippen molar-refractivity contribution in [3.8, 4) is 0 Å². The van der Waals surface area contributed by atoms with Crippen molar-refractivity contribution in [3.63, 3.8) is 0 Å². The van der Waals surface area contributed by atoms with E-state index in [1.807, 2.05) is 0 Å². The third-order valence-corrected chi connectivity index (χ3v) is 4.41. The van der Waals surface area contributed by atoms with Crippen LogP contribution in [-0.4, -0.2) is 4.48 Å². The lowest BCUT2D eigenvalue weighted by molar-refractivity contribution is -0.919. The smallest absolute Gasteiger partial charge is 0.109 e. The van der Waals surface area contributed by atoms with Crippen molar-refractivity contribution in [3.05, 3.63) is 120 Å². The minimum absolute atomic E-state index is 0.804. The Balaban J connectivity index is 1.92. The van der Waals surface area contributed by atoms with Crippen molar-refractivity contribution in [2.75, 3.05) is 0 Å². The molecule has 0 radical (unpaired) electrons. The van der Waals surface area contributed by atoms with Gasteiger partial charge in [-0.05, 0) is 6.58 Å². The highest BCUT2D eigenvalue weighted by molar-refractivity contribution is 5.17. The lowest BCUT2D eigenvalue weighted by atomic mass is 10.1. The van der Waals surface area contributed by atoms with Crippen LogP contribution in [0.4, 0.5) is 0 Å². The highest BCUT2D eigenvalue weighted by Gasteiger charge is 2.26. The quantitative estimate of drug-likeness (QED) is 0.502. The lowest BCUT2D eigenvalue weighted by Crippen LogP contribution is -2.40. The van der Waals surface area contributed by atoms with E-state index < -0.39 is 0 Å². The van der Waals surface area contributed by atoms with Gasteiger partial charge in [-0.15, -0.1) is 0 Å². The van der Waals surface area contributed by atoms with Crippen LogP contribution in [0.25, 0.3) is 0 Å². The lowest BCUT2D eigenvalue weighted by Gasteiger charge is -2.35. The van der Waals surface area contributed by atoms with Gasteiger partial charge in [-0.25, -0.2) is 0 Å². The minimum atomic E-state index is 0.804. The van der Waals surface area contributed by atoms with Gasteiger partial charge in [0.2, 0.25) is 0 Å². The maximum atomic E-state index is 4.19. The molecule has 0 aliphatic rings. The zero-order valence-corrected chi connectivity index (χ0v) is 14.0. The molecular weight excluding hydrogens is 290 g/mol. The van der Waals surface area contributed by atoms with Crippen molar-refractivity contribution in [1.82, 2.24) is 0 Å². The molecule has 0 saturated heterocycles. The minimum Gasteiger partial charge on any atom is -0.287 e. The third-order valence-electron chi connectivity index (χ3n) is 4.41. The molecule has 3 aromatic rings. The Kier molecular flexibility index (Phi) is 5.25. The van der Waals surface area contributed by atoms with Crippen LogP contribution in [0, 0.1) is 0 Å². The van der Waals surface area contributed by atoms with Crippen LogP contribution in [0.1, 0.15) is 16.7 Å². The van der Waals surface area contributed by atoms with Gasteiger partial charge in [0.25, 0.3) is 0 Å². The number of nitrogens with zero attached hydrogens (tertiary/aromatic N) is 1. The van der Waals surface area contributed by atoms with Crippen LogP contribution >= 0.6 is 0 Å². The average Bonchev–Trinajstić information content (AvgIpc) is 2.64. The molecule has 1 nitrogen and oxygen atoms in total. The highest BCUT2D eigenvalue weighted by Crippen LogP contribution is 2.24. The predicted octanol–water partition coefficient (Wildman–Crippen LogP) is 5.55. The predicted molar refractivity (Wildman–Crippen MR) is 101 cm³/mol. The van der Waals surface area contributed by atoms with Crippen LogP contribution in [-0.2, 0) is 19.6 Å². The normalized spacial score (nSPS) is 11.2. The first-order valence-electron chi connectivity index (χ1n) is 8.41. The number of quaternary nitrogens is 1. The summed E-state index contributed by atoms with van der Waals surface area (Å²) in [6.45, 7) is 7.01. The summed E-state index contributed by atoms with van der Waals surface area (Å²) >= 11 is 0. The van der Waals surface area contributed by atoms with Crippen molar-refractivity contribution < 1.29 is 4.48 Å². The third kappa shape index (κ3) is 4.21. The highest BCUT2D eigenvalue weighted by atomic mass is 15.3. The first kappa shape index (κ1) is 16.2. The van der Waals surface area contributed by atoms with E-state index in [1.54, 1.807) is 0 Å². The molecule has 0 saturated carbocycles. The first-order valence-corrected chi connectivity index (χ1v) is 8.41. The maximum Gasteiger partial charge on any atom is 0.109 e. The fourth-order valence-corrected chi connectivity index (χ4v) is 3.20. The molecule has 0 aromatic heterocycles. The van der Waals surface area contributed by atoms with Gasteiger partial charge in [0, 0.05) is 16.7 Å². The van der Waals surface area contributed by atoms with Crippen LogP contribution in [0.2, 0.25) is 0 Å². The molecular formula is C23H24N+. The van der Waals surface area contributed by atoms with E-state index in [-0.39, 0.29) is 0 Å². The molecule has 0 spiro atoms. The Morgan fingerprint density at radius 1 is 0.542 bits per heavy atom. The summed E-state index contributed by atoms with van der Waals surface area (Å²) in [4.78, 5) is 0. The van der Waals surface area contributed by atoms with Crippen LogP contribution < -0.4 is 0 Å². The Hall–Kier alpha value is -2.64. The van der Waals surface area contributed by atoms with Crippen LogP contribution in [0.3, 0.4) is 0 Å². The van der Waals surface area contributed by atoms with Crippen LogP contribution in [0.15, 0.2) is 104 Å². The topological polar surface area (TPSA) is 0 Å². The van der Waals surface area contributed by atoms with E-state index in [9.17, 15) is 0 Å². The van der Waals surface area contributed by atoms with E-state index >= 15 is 0 Å². The van der Waals surface area contributed by atoms with Gasteiger partial charge in [0.05, 0.1) is 6.20 Å². The molecule has 1 heteroatoms. The van der Waals surface area contributed by atoms with Gasteiger partial charge >= 0.3 is 0 Å². The summed E-state index contributed by atoms with van der Waals surface area (Å²) in [6, 6.07) is 32.1. The number of hydrogen-bond acceptors (Lipinski definition) is 0. The van der Waals surface area contributed by atoms with E-state index in [0.717, 1.165) is 24.1 Å². The zero-order valence-electron chi connectivity index (χ0n) is 14.0. The molecule has 3 rings (SSSR count). The Morgan fingerprint density at radius 2 is 0.833 bits per heavy atom. The summed E-state index contributed by atoms with van der Waals surface area (Å²) in [6.07, 6.45) is 2.10. The standard InChI is InChI=1S/C23H24N/c1-2-24(18-21-12-6-3-7-13-21,19-22-14-8-4-9-15-22)20-23-16-10-5-11-17-23/h2-17H,1,18-20H2/q+1. The van der Waals surface area contributed by atoms with Crippen molar-refractivity contribution >= 4 is 0 Å². The van der Waals surface area contributed by atoms with Gasteiger partial charge in [0.15, 0.2) is 0 Å². The second-order valence-corrected chi connectivity index (χ2v) is 6.33. The molecule has 0 N–H and O–H groups in total. The fraction of sp³-hybridized carbons (Fsp3) is 0.130. The van der Waals surface area contributed by atoms with Crippen LogP contribution in [0.5, 0.6) is 0 Å². The second kappa shape index (κ2) is 7.76. The molecule has 24 heavy (non-hydrogen) atoms. The molecule has 0 amide bonds. The van der Waals surface area contributed by atoms with Gasteiger partial charge in [-0.2, -0.15) is 0 Å². The summed E-state index contributed by atoms with van der Waals surface area (Å²) in [5.41, 5.74) is 4.01. The molecule has 0 aliphatic heterocycles. The van der Waals surface area contributed by atoms with Gasteiger partial charge in [0.1, 0.15) is 19.6 Å². The van der Waals surface area contributed by atoms with Gasteiger partial charge in [-0.3, -0.25) is 4.48 Å². The molecule has 0 aliphatic carbocycles. The maximum absolute atomic E-state index is 4.19. The molecule has 0 atom stereocenters. The van der Waals surface area contributed by atoms with Crippen molar-refractivity contribution in [2.45, 2.75) is 19.6 Å². The largest absolute Gasteiger partial charge is 0.287 e. The molecule has 0 heterocycles. The summed E-state index contributed by atoms with van der Waals surface area (Å²) in [5, 5.41) is 0. The summed E-state index contributed by atoms with van der Waals surface area (Å²) < 4.78 is 0.804. The number of hydrogen-bond donors (Lipinski definition) is 0. The SMILES string of the molecule is C=C[N+](Cc1ccccc1)(Cc1ccccc1)Cc1ccccc1. The van der Waals surface area contributed by atoms with E-state index in [0.29, 0.717) is 0 Å².